The van der Waals surface area contributed by atoms with Gasteiger partial charge in [0.1, 0.15) is 6.10 Å². The fourth-order valence-electron chi connectivity index (χ4n) is 3.44. The zero-order valence-corrected chi connectivity index (χ0v) is 14.1. The number of aromatic nitrogens is 2. The van der Waals surface area contributed by atoms with Gasteiger partial charge in [-0.3, -0.25) is 9.78 Å². The van der Waals surface area contributed by atoms with Gasteiger partial charge < -0.3 is 20.1 Å². The highest BCUT2D eigenvalue weighted by atomic mass is 16.5. The van der Waals surface area contributed by atoms with E-state index in [1.807, 2.05) is 0 Å². The monoisotopic (exact) mass is 348 g/mol. The van der Waals surface area contributed by atoms with Crippen molar-refractivity contribution in [2.24, 2.45) is 5.92 Å². The van der Waals surface area contributed by atoms with Crippen molar-refractivity contribution >= 4 is 12.0 Å². The highest BCUT2D eigenvalue weighted by molar-refractivity contribution is 5.74. The highest BCUT2D eigenvalue weighted by Gasteiger charge is 2.29. The van der Waals surface area contributed by atoms with Gasteiger partial charge in [0.05, 0.1) is 12.1 Å². The average molecular weight is 348 g/mol. The summed E-state index contributed by atoms with van der Waals surface area (Å²) in [6.45, 7) is 1.28. The molecule has 0 atom stereocenters. The first-order valence-corrected chi connectivity index (χ1v) is 8.82. The van der Waals surface area contributed by atoms with Gasteiger partial charge in [0.15, 0.2) is 0 Å². The highest BCUT2D eigenvalue weighted by Crippen LogP contribution is 2.25. The quantitative estimate of drug-likeness (QED) is 0.858. The van der Waals surface area contributed by atoms with Gasteiger partial charge >= 0.3 is 12.0 Å². The molecule has 0 aromatic carbocycles. The van der Waals surface area contributed by atoms with E-state index in [-0.39, 0.29) is 24.1 Å². The van der Waals surface area contributed by atoms with Gasteiger partial charge in [-0.1, -0.05) is 0 Å². The number of urea groups is 1. The van der Waals surface area contributed by atoms with Crippen molar-refractivity contribution in [3.8, 4) is 5.88 Å². The Balaban J connectivity index is 1.39. The zero-order valence-electron chi connectivity index (χ0n) is 14.1. The number of carbonyl (C=O) groups is 2. The van der Waals surface area contributed by atoms with E-state index in [4.69, 9.17) is 9.84 Å². The topological polar surface area (TPSA) is 105 Å². The molecule has 1 aliphatic carbocycles. The van der Waals surface area contributed by atoms with Crippen LogP contribution in [0.4, 0.5) is 4.79 Å². The van der Waals surface area contributed by atoms with E-state index in [0.717, 1.165) is 25.7 Å². The van der Waals surface area contributed by atoms with Crippen LogP contribution < -0.4 is 10.1 Å². The number of hydrogen-bond donors (Lipinski definition) is 2. The van der Waals surface area contributed by atoms with Crippen LogP contribution >= 0.6 is 0 Å². The van der Waals surface area contributed by atoms with Gasteiger partial charge in [-0.05, 0) is 25.7 Å². The summed E-state index contributed by atoms with van der Waals surface area (Å²) in [5, 5.41) is 12.1. The third-order valence-corrected chi connectivity index (χ3v) is 4.96. The molecule has 1 saturated heterocycles. The number of piperidine rings is 1. The largest absolute Gasteiger partial charge is 0.481 e. The molecule has 136 valence electrons. The van der Waals surface area contributed by atoms with Crippen molar-refractivity contribution in [2.75, 3.05) is 13.1 Å². The number of hydrogen-bond acceptors (Lipinski definition) is 5. The lowest BCUT2D eigenvalue weighted by Gasteiger charge is -2.34. The van der Waals surface area contributed by atoms with Crippen LogP contribution in [0.2, 0.25) is 0 Å². The number of carboxylic acids is 1. The van der Waals surface area contributed by atoms with Crippen LogP contribution in [0.1, 0.15) is 38.5 Å². The molecule has 0 spiro atoms. The molecule has 2 fully saturated rings. The number of aliphatic carboxylic acids is 1. The number of nitrogens with zero attached hydrogens (tertiary/aromatic N) is 3. The smallest absolute Gasteiger partial charge is 0.317 e. The minimum Gasteiger partial charge on any atom is -0.481 e. The Bertz CT molecular complexity index is 582. The Kier molecular flexibility index (Phi) is 5.67. The molecule has 2 heterocycles. The van der Waals surface area contributed by atoms with Crippen LogP contribution in [-0.2, 0) is 4.79 Å². The van der Waals surface area contributed by atoms with E-state index >= 15 is 0 Å². The maximum absolute atomic E-state index is 12.4. The lowest BCUT2D eigenvalue weighted by Crippen LogP contribution is -2.50. The lowest BCUT2D eigenvalue weighted by atomic mass is 9.86. The molecule has 8 heteroatoms. The summed E-state index contributed by atoms with van der Waals surface area (Å²) in [6.07, 6.45) is 9.08. The van der Waals surface area contributed by atoms with Gasteiger partial charge in [0, 0.05) is 44.4 Å². The molecule has 1 aromatic heterocycles. The van der Waals surface area contributed by atoms with E-state index in [1.54, 1.807) is 23.5 Å². The predicted octanol–water partition coefficient (Wildman–Crippen LogP) is 1.67. The van der Waals surface area contributed by atoms with Crippen LogP contribution in [-0.4, -0.2) is 57.2 Å². The second kappa shape index (κ2) is 8.13. The summed E-state index contributed by atoms with van der Waals surface area (Å²) in [5.41, 5.74) is 0. The van der Waals surface area contributed by atoms with Crippen LogP contribution in [0.3, 0.4) is 0 Å². The first kappa shape index (κ1) is 17.4. The van der Waals surface area contributed by atoms with Gasteiger partial charge in [-0.15, -0.1) is 0 Å². The van der Waals surface area contributed by atoms with E-state index in [9.17, 15) is 9.59 Å². The number of nitrogens with one attached hydrogen (secondary N) is 1. The number of carbonyl (C=O) groups excluding carboxylic acids is 1. The van der Waals surface area contributed by atoms with Crippen LogP contribution in [0.15, 0.2) is 18.6 Å². The Labute approximate surface area is 146 Å². The summed E-state index contributed by atoms with van der Waals surface area (Å²) >= 11 is 0. The van der Waals surface area contributed by atoms with Crippen molar-refractivity contribution in [1.82, 2.24) is 20.2 Å². The molecule has 1 aliphatic heterocycles. The molecule has 2 aliphatic rings. The number of carboxylic acid groups (broad SMARTS) is 1. The Morgan fingerprint density at radius 1 is 1.12 bits per heavy atom. The molecule has 0 bridgehead atoms. The number of ether oxygens (including phenoxy) is 1. The van der Waals surface area contributed by atoms with Gasteiger partial charge in [0.2, 0.25) is 5.88 Å². The maximum atomic E-state index is 12.4. The third-order valence-electron chi connectivity index (χ3n) is 4.96. The number of likely N-dealkylation sites (tertiary alicyclic amines) is 1. The Morgan fingerprint density at radius 3 is 2.44 bits per heavy atom. The van der Waals surface area contributed by atoms with Crippen molar-refractivity contribution < 1.29 is 19.4 Å². The standard InChI is InChI=1S/C17H24N4O4/c22-16(23)12-1-3-13(4-2-12)20-17(24)21-9-5-14(6-10-21)25-15-11-18-7-8-19-15/h7-8,11-14H,1-6,9-10H2,(H,20,24)(H,22,23). The normalized spacial score (nSPS) is 24.6. The molecule has 0 radical (unpaired) electrons. The average Bonchev–Trinajstić information content (AvgIpc) is 2.63. The summed E-state index contributed by atoms with van der Waals surface area (Å²) in [4.78, 5) is 33.2. The fraction of sp³-hybridized carbons (Fsp3) is 0.647. The molecule has 1 aromatic rings. The summed E-state index contributed by atoms with van der Waals surface area (Å²) in [5.74, 6) is -0.474. The summed E-state index contributed by atoms with van der Waals surface area (Å²) in [7, 11) is 0. The van der Waals surface area contributed by atoms with Crippen LogP contribution in [0.25, 0.3) is 0 Å². The van der Waals surface area contributed by atoms with E-state index in [1.165, 1.54) is 0 Å². The van der Waals surface area contributed by atoms with Gasteiger partial charge in [-0.2, -0.15) is 0 Å². The number of amides is 2. The SMILES string of the molecule is O=C(O)C1CCC(NC(=O)N2CCC(Oc3cnccn3)CC2)CC1. The Hall–Kier alpha value is -2.38. The molecule has 25 heavy (non-hydrogen) atoms. The second-order valence-corrected chi connectivity index (χ2v) is 6.68. The maximum Gasteiger partial charge on any atom is 0.317 e. The van der Waals surface area contributed by atoms with E-state index in [2.05, 4.69) is 15.3 Å². The van der Waals surface area contributed by atoms with Crippen LogP contribution in [0.5, 0.6) is 5.88 Å². The van der Waals surface area contributed by atoms with Gasteiger partial charge in [0.25, 0.3) is 0 Å². The molecule has 8 nitrogen and oxygen atoms in total. The van der Waals surface area contributed by atoms with Crippen molar-refractivity contribution in [3.05, 3.63) is 18.6 Å². The molecule has 3 rings (SSSR count). The second-order valence-electron chi connectivity index (χ2n) is 6.68. The fourth-order valence-corrected chi connectivity index (χ4v) is 3.44. The first-order valence-electron chi connectivity index (χ1n) is 8.82. The minimum absolute atomic E-state index is 0.0479. The lowest BCUT2D eigenvalue weighted by molar-refractivity contribution is -0.142. The summed E-state index contributed by atoms with van der Waals surface area (Å²) < 4.78 is 5.78. The van der Waals surface area contributed by atoms with Crippen LogP contribution in [0, 0.1) is 5.92 Å². The van der Waals surface area contributed by atoms with Crippen molar-refractivity contribution in [3.63, 3.8) is 0 Å². The third kappa shape index (κ3) is 4.80. The van der Waals surface area contributed by atoms with E-state index < -0.39 is 5.97 Å². The molecule has 2 N–H and O–H groups in total. The van der Waals surface area contributed by atoms with Crippen molar-refractivity contribution in [2.45, 2.75) is 50.7 Å². The van der Waals surface area contributed by atoms with Crippen molar-refractivity contribution in [1.29, 1.82) is 0 Å². The molecule has 0 unspecified atom stereocenters. The Morgan fingerprint density at radius 2 is 1.84 bits per heavy atom. The first-order chi connectivity index (χ1) is 12.1. The zero-order chi connectivity index (χ0) is 17.6. The predicted molar refractivity (Wildman–Crippen MR) is 89.2 cm³/mol. The molecular weight excluding hydrogens is 324 g/mol. The molecule has 2 amide bonds. The molecule has 1 saturated carbocycles. The summed E-state index contributed by atoms with van der Waals surface area (Å²) in [6, 6.07) is 0.0217. The van der Waals surface area contributed by atoms with E-state index in [0.29, 0.717) is 31.8 Å². The molecular formula is C17H24N4O4. The van der Waals surface area contributed by atoms with Gasteiger partial charge in [-0.25, -0.2) is 9.78 Å². The number of rotatable bonds is 4. The minimum atomic E-state index is -0.727.